The van der Waals surface area contributed by atoms with Gasteiger partial charge in [-0.05, 0) is 12.5 Å². The molecule has 2 atom stereocenters. The summed E-state index contributed by atoms with van der Waals surface area (Å²) in [4.78, 5) is 0. The van der Waals surface area contributed by atoms with Crippen LogP contribution < -0.4 is 16.3 Å². The average molecular weight is 207 g/mol. The van der Waals surface area contributed by atoms with Crippen LogP contribution in [-0.4, -0.2) is 0 Å². The molecule has 0 fully saturated rings. The SMILES string of the molecule is Cc1c(N)c(F)c(P)c(F)c1P. The second-order valence-corrected chi connectivity index (χ2v) is 3.65. The third-order valence-electron chi connectivity index (χ3n) is 1.75. The minimum Gasteiger partial charge on any atom is -0.396 e. The number of nitrogen functional groups attached to an aromatic ring is 1. The first kappa shape index (κ1) is 9.83. The third-order valence-corrected chi connectivity index (χ3v) is 2.95. The fourth-order valence-electron chi connectivity index (χ4n) is 0.861. The summed E-state index contributed by atoms with van der Waals surface area (Å²) < 4.78 is 26.1. The second-order valence-electron chi connectivity index (χ2n) is 2.49. The van der Waals surface area contributed by atoms with Crippen LogP contribution in [0.25, 0.3) is 0 Å². The van der Waals surface area contributed by atoms with Crippen LogP contribution in [0.5, 0.6) is 0 Å². The summed E-state index contributed by atoms with van der Waals surface area (Å²) in [6.07, 6.45) is 0. The average Bonchev–Trinajstić information content (AvgIpc) is 2.08. The van der Waals surface area contributed by atoms with Crippen LogP contribution in [-0.2, 0) is 0 Å². The molecule has 12 heavy (non-hydrogen) atoms. The number of nitrogens with two attached hydrogens (primary N) is 1. The van der Waals surface area contributed by atoms with Crippen molar-refractivity contribution >= 4 is 34.8 Å². The van der Waals surface area contributed by atoms with Gasteiger partial charge in [0.15, 0.2) is 5.82 Å². The zero-order valence-electron chi connectivity index (χ0n) is 6.49. The van der Waals surface area contributed by atoms with Gasteiger partial charge in [0.05, 0.1) is 5.69 Å². The lowest BCUT2D eigenvalue weighted by Crippen LogP contribution is -2.20. The summed E-state index contributed by atoms with van der Waals surface area (Å²) in [6.45, 7) is 1.58. The lowest BCUT2D eigenvalue weighted by molar-refractivity contribution is 0.605. The Balaban J connectivity index is 3.60. The monoisotopic (exact) mass is 207 g/mol. The van der Waals surface area contributed by atoms with E-state index in [0.717, 1.165) is 0 Å². The Morgan fingerprint density at radius 3 is 2.08 bits per heavy atom. The molecule has 0 spiro atoms. The van der Waals surface area contributed by atoms with Crippen LogP contribution in [0.3, 0.4) is 0 Å². The van der Waals surface area contributed by atoms with Crippen molar-refractivity contribution in [2.24, 2.45) is 0 Å². The fourth-order valence-corrected chi connectivity index (χ4v) is 1.65. The van der Waals surface area contributed by atoms with Crippen molar-refractivity contribution in [1.82, 2.24) is 0 Å². The van der Waals surface area contributed by atoms with Gasteiger partial charge < -0.3 is 5.73 Å². The van der Waals surface area contributed by atoms with E-state index in [9.17, 15) is 8.78 Å². The molecule has 0 saturated carbocycles. The van der Waals surface area contributed by atoms with Crippen molar-refractivity contribution in [2.75, 3.05) is 5.73 Å². The smallest absolute Gasteiger partial charge is 0.156 e. The number of halogens is 2. The van der Waals surface area contributed by atoms with Crippen LogP contribution >= 0.6 is 18.5 Å². The summed E-state index contributed by atoms with van der Waals surface area (Å²) in [7, 11) is 4.19. The molecule has 0 aliphatic heterocycles. The van der Waals surface area contributed by atoms with Crippen molar-refractivity contribution in [2.45, 2.75) is 6.92 Å². The highest BCUT2D eigenvalue weighted by atomic mass is 31.0. The fraction of sp³-hybridized carbons (Fsp3) is 0.143. The van der Waals surface area contributed by atoms with E-state index in [0.29, 0.717) is 10.9 Å². The number of benzene rings is 1. The lowest BCUT2D eigenvalue weighted by Gasteiger charge is -2.09. The predicted octanol–water partition coefficient (Wildman–Crippen LogP) is 0.856. The van der Waals surface area contributed by atoms with Crippen molar-refractivity contribution < 1.29 is 8.78 Å². The highest BCUT2D eigenvalue weighted by molar-refractivity contribution is 7.29. The zero-order chi connectivity index (χ0) is 9.46. The molecule has 5 heteroatoms. The van der Waals surface area contributed by atoms with E-state index < -0.39 is 11.6 Å². The maximum atomic E-state index is 13.1. The molecule has 0 heterocycles. The molecule has 1 rings (SSSR count). The van der Waals surface area contributed by atoms with Gasteiger partial charge in [-0.2, -0.15) is 0 Å². The van der Waals surface area contributed by atoms with Gasteiger partial charge >= 0.3 is 0 Å². The van der Waals surface area contributed by atoms with Crippen molar-refractivity contribution in [3.8, 4) is 0 Å². The van der Waals surface area contributed by atoms with E-state index in [1.807, 2.05) is 9.24 Å². The maximum Gasteiger partial charge on any atom is 0.156 e. The Bertz CT molecular complexity index is 234. The van der Waals surface area contributed by atoms with Gasteiger partial charge in [-0.1, -0.05) is 9.24 Å². The summed E-state index contributed by atoms with van der Waals surface area (Å²) >= 11 is 0. The van der Waals surface area contributed by atoms with Gasteiger partial charge in [-0.25, -0.2) is 8.78 Å². The molecule has 0 aromatic heterocycles. The van der Waals surface area contributed by atoms with E-state index in [1.165, 1.54) is 0 Å². The third kappa shape index (κ3) is 1.32. The molecule has 1 nitrogen and oxygen atoms in total. The van der Waals surface area contributed by atoms with Crippen LogP contribution in [0.15, 0.2) is 0 Å². The standard InChI is InChI=1S/C7H9F2NP2/c1-2-5(10)3(8)7(12)4(9)6(2)11/h10-12H2,1H3. The van der Waals surface area contributed by atoms with Gasteiger partial charge in [-0.3, -0.25) is 0 Å². The number of rotatable bonds is 0. The topological polar surface area (TPSA) is 26.0 Å². The number of anilines is 1. The van der Waals surface area contributed by atoms with Gasteiger partial charge in [0.2, 0.25) is 0 Å². The van der Waals surface area contributed by atoms with Crippen LogP contribution in [0, 0.1) is 18.6 Å². The van der Waals surface area contributed by atoms with Crippen molar-refractivity contribution in [1.29, 1.82) is 0 Å². The summed E-state index contributed by atoms with van der Waals surface area (Å²) in [5, 5.41) is 0.210. The van der Waals surface area contributed by atoms with E-state index in [1.54, 1.807) is 6.92 Å². The lowest BCUT2D eigenvalue weighted by atomic mass is 10.2. The molecule has 2 N–H and O–H groups in total. The Hall–Kier alpha value is -0.260. The molecule has 0 aliphatic rings. The minimum atomic E-state index is -0.693. The summed E-state index contributed by atoms with van der Waals surface area (Å²) in [6, 6.07) is 0. The zero-order valence-corrected chi connectivity index (χ0v) is 8.80. The number of hydrogen-bond acceptors (Lipinski definition) is 1. The van der Waals surface area contributed by atoms with Gasteiger partial charge in [0.25, 0.3) is 0 Å². The summed E-state index contributed by atoms with van der Waals surface area (Å²) in [5.74, 6) is -1.27. The highest BCUT2D eigenvalue weighted by Gasteiger charge is 2.14. The van der Waals surface area contributed by atoms with Crippen molar-refractivity contribution in [3.63, 3.8) is 0 Å². The molecule has 1 aromatic carbocycles. The van der Waals surface area contributed by atoms with Crippen LogP contribution in [0.1, 0.15) is 5.56 Å². The number of hydrogen-bond donors (Lipinski definition) is 1. The second kappa shape index (κ2) is 3.24. The van der Waals surface area contributed by atoms with E-state index in [-0.39, 0.29) is 11.0 Å². The predicted molar refractivity (Wildman–Crippen MR) is 54.2 cm³/mol. The Morgan fingerprint density at radius 1 is 1.08 bits per heavy atom. The Labute approximate surface area is 74.1 Å². The van der Waals surface area contributed by atoms with E-state index in [2.05, 4.69) is 9.24 Å². The molecule has 0 saturated heterocycles. The van der Waals surface area contributed by atoms with Crippen LogP contribution in [0.2, 0.25) is 0 Å². The largest absolute Gasteiger partial charge is 0.396 e. The molecule has 0 amide bonds. The van der Waals surface area contributed by atoms with Gasteiger partial charge in [0, 0.05) is 10.6 Å². The molecule has 0 bridgehead atoms. The first-order valence-corrected chi connectivity index (χ1v) is 4.40. The summed E-state index contributed by atoms with van der Waals surface area (Å²) in [5.41, 5.74) is 5.82. The Morgan fingerprint density at radius 2 is 1.58 bits per heavy atom. The maximum absolute atomic E-state index is 13.1. The normalized spacial score (nSPS) is 10.4. The highest BCUT2D eigenvalue weighted by Crippen LogP contribution is 2.17. The molecule has 2 unspecified atom stereocenters. The van der Waals surface area contributed by atoms with Crippen LogP contribution in [0.4, 0.5) is 14.5 Å². The molecule has 0 radical (unpaired) electrons. The quantitative estimate of drug-likeness (QED) is 0.495. The minimum absolute atomic E-state index is 0.00593. The molecular formula is C7H9F2NP2. The molecular weight excluding hydrogens is 198 g/mol. The first-order chi connectivity index (χ1) is 5.46. The Kier molecular flexibility index (Phi) is 2.65. The molecule has 66 valence electrons. The van der Waals surface area contributed by atoms with Crippen molar-refractivity contribution in [3.05, 3.63) is 17.2 Å². The van der Waals surface area contributed by atoms with E-state index in [4.69, 9.17) is 5.73 Å². The van der Waals surface area contributed by atoms with Gasteiger partial charge in [-0.15, -0.1) is 9.24 Å². The van der Waals surface area contributed by atoms with E-state index >= 15 is 0 Å². The molecule has 1 aromatic rings. The molecule has 0 aliphatic carbocycles. The van der Waals surface area contributed by atoms with Gasteiger partial charge in [0.1, 0.15) is 5.82 Å². The first-order valence-electron chi connectivity index (χ1n) is 3.24.